The molecule has 6 rings (SSSR count). The third-order valence-corrected chi connectivity index (χ3v) is 9.41. The number of rotatable bonds is 5. The Morgan fingerprint density at radius 1 is 1.05 bits per heavy atom. The van der Waals surface area contributed by atoms with E-state index < -0.39 is 28.1 Å². The highest BCUT2D eigenvalue weighted by Gasteiger charge is 2.37. The normalized spacial score (nSPS) is 20.0. The Bertz CT molecular complexity index is 1700. The molecule has 0 aliphatic carbocycles. The van der Waals surface area contributed by atoms with Crippen LogP contribution in [0.15, 0.2) is 83.8 Å². The highest BCUT2D eigenvalue weighted by molar-refractivity contribution is 7.91. The first kappa shape index (κ1) is 27.0. The minimum absolute atomic E-state index is 0.0321. The Kier molecular flexibility index (Phi) is 7.25. The monoisotopic (exact) mass is 574 g/mol. The number of hydrogen-bond donors (Lipinski definition) is 1. The molecule has 2 atom stereocenters. The van der Waals surface area contributed by atoms with Crippen LogP contribution < -0.4 is 10.2 Å². The number of sulfone groups is 1. The minimum Gasteiger partial charge on any atom is -0.445 e. The van der Waals surface area contributed by atoms with Crippen molar-refractivity contribution in [3.8, 4) is 0 Å². The van der Waals surface area contributed by atoms with Gasteiger partial charge < -0.3 is 19.9 Å². The molecule has 8 nitrogen and oxygen atoms in total. The average Bonchev–Trinajstić information content (AvgIpc) is 3.27. The van der Waals surface area contributed by atoms with Gasteiger partial charge in [-0.15, -0.1) is 0 Å². The van der Waals surface area contributed by atoms with Gasteiger partial charge in [-0.1, -0.05) is 60.2 Å². The number of alkyl halides is 1. The second-order valence-corrected chi connectivity index (χ2v) is 12.7. The molecular weight excluding hydrogens is 543 g/mol. The SMILES string of the molecule is Cc1ccc2nc(N3CCS(=O)(=O)c4ccccc4C3)cc(N[C@@H]3CN(C(=O)OCc4ccccc4)C[C@H]3F)c2c1. The van der Waals surface area contributed by atoms with E-state index in [0.29, 0.717) is 28.5 Å². The molecule has 3 aromatic carbocycles. The summed E-state index contributed by atoms with van der Waals surface area (Å²) in [7, 11) is -3.42. The highest BCUT2D eigenvalue weighted by Crippen LogP contribution is 2.33. The van der Waals surface area contributed by atoms with Gasteiger partial charge in [0.05, 0.1) is 28.8 Å². The molecule has 0 bridgehead atoms. The summed E-state index contributed by atoms with van der Waals surface area (Å²) in [4.78, 5) is 21.3. The minimum atomic E-state index is -3.42. The molecule has 1 fully saturated rings. The van der Waals surface area contributed by atoms with Crippen LogP contribution in [-0.2, 0) is 27.7 Å². The maximum absolute atomic E-state index is 15.3. The van der Waals surface area contributed by atoms with Gasteiger partial charge in [-0.25, -0.2) is 22.6 Å². The van der Waals surface area contributed by atoms with Gasteiger partial charge in [0, 0.05) is 36.8 Å². The molecule has 212 valence electrons. The lowest BCUT2D eigenvalue weighted by molar-refractivity contribution is 0.102. The summed E-state index contributed by atoms with van der Waals surface area (Å²) in [5.41, 5.74) is 4.00. The fraction of sp³-hybridized carbons (Fsp3) is 0.290. The fourth-order valence-electron chi connectivity index (χ4n) is 5.43. The zero-order chi connectivity index (χ0) is 28.6. The predicted molar refractivity (Wildman–Crippen MR) is 157 cm³/mol. The summed E-state index contributed by atoms with van der Waals surface area (Å²) >= 11 is 0. The summed E-state index contributed by atoms with van der Waals surface area (Å²) < 4.78 is 46.6. The topological polar surface area (TPSA) is 91.8 Å². The molecule has 1 N–H and O–H groups in total. The lowest BCUT2D eigenvalue weighted by atomic mass is 10.1. The maximum Gasteiger partial charge on any atom is 0.410 e. The summed E-state index contributed by atoms with van der Waals surface area (Å²) in [5.74, 6) is 0.568. The first-order chi connectivity index (χ1) is 19.8. The molecule has 1 saturated heterocycles. The van der Waals surface area contributed by atoms with E-state index in [1.54, 1.807) is 12.1 Å². The molecular formula is C31H31FN4O4S. The van der Waals surface area contributed by atoms with Crippen LogP contribution in [0.1, 0.15) is 16.7 Å². The van der Waals surface area contributed by atoms with Gasteiger partial charge in [0.15, 0.2) is 9.84 Å². The number of pyridine rings is 1. The third-order valence-electron chi connectivity index (χ3n) is 7.63. The van der Waals surface area contributed by atoms with Gasteiger partial charge in [-0.05, 0) is 36.2 Å². The van der Waals surface area contributed by atoms with Gasteiger partial charge in [0.1, 0.15) is 18.6 Å². The van der Waals surface area contributed by atoms with Crippen molar-refractivity contribution in [2.24, 2.45) is 0 Å². The van der Waals surface area contributed by atoms with Gasteiger partial charge in [-0.3, -0.25) is 0 Å². The molecule has 0 spiro atoms. The van der Waals surface area contributed by atoms with Crippen LogP contribution in [0.3, 0.4) is 0 Å². The number of anilines is 2. The van der Waals surface area contributed by atoms with Crippen molar-refractivity contribution in [3.05, 3.63) is 95.6 Å². The Morgan fingerprint density at radius 2 is 1.83 bits per heavy atom. The van der Waals surface area contributed by atoms with E-state index >= 15 is 4.39 Å². The smallest absolute Gasteiger partial charge is 0.410 e. The van der Waals surface area contributed by atoms with Crippen LogP contribution >= 0.6 is 0 Å². The van der Waals surface area contributed by atoms with Crippen molar-refractivity contribution in [1.29, 1.82) is 0 Å². The molecule has 1 aromatic heterocycles. The average molecular weight is 575 g/mol. The summed E-state index contributed by atoms with van der Waals surface area (Å²) in [6.07, 6.45) is -1.85. The van der Waals surface area contributed by atoms with Crippen LogP contribution in [0.5, 0.6) is 0 Å². The molecule has 10 heteroatoms. The fourth-order valence-corrected chi connectivity index (χ4v) is 6.92. The number of ether oxygens (including phenoxy) is 1. The largest absolute Gasteiger partial charge is 0.445 e. The van der Waals surface area contributed by atoms with Crippen molar-refractivity contribution >= 4 is 38.3 Å². The lowest BCUT2D eigenvalue weighted by Gasteiger charge is -2.24. The van der Waals surface area contributed by atoms with Crippen molar-refractivity contribution in [3.63, 3.8) is 0 Å². The second kappa shape index (κ2) is 11.0. The Balaban J connectivity index is 1.25. The number of aryl methyl sites for hydroxylation is 1. The number of nitrogens with one attached hydrogen (secondary N) is 1. The number of fused-ring (bicyclic) bond motifs is 2. The predicted octanol–water partition coefficient (Wildman–Crippen LogP) is 5.11. The molecule has 3 heterocycles. The number of nitrogens with zero attached hydrogens (tertiary/aromatic N) is 3. The van der Waals surface area contributed by atoms with Crippen molar-refractivity contribution in [2.75, 3.05) is 35.6 Å². The number of amides is 1. The van der Waals surface area contributed by atoms with Crippen LogP contribution in [-0.4, -0.2) is 62.0 Å². The summed E-state index contributed by atoms with van der Waals surface area (Å²) in [6, 6.07) is 23.5. The standard InChI is InChI=1S/C31H31FN4O4S/c1-21-11-12-26-24(15-21)27(16-30(34-26)35-13-14-41(38,39)29-10-6-5-9-23(29)17-35)33-28-19-36(18-25(28)32)31(37)40-20-22-7-3-2-4-8-22/h2-12,15-16,25,28H,13-14,17-20H2,1H3,(H,33,34)/t25-,28-/m1/s1. The number of carbonyl (C=O) groups is 1. The van der Waals surface area contributed by atoms with E-state index in [-0.39, 0.29) is 32.0 Å². The zero-order valence-corrected chi connectivity index (χ0v) is 23.5. The van der Waals surface area contributed by atoms with Crippen LogP contribution in [0.2, 0.25) is 0 Å². The van der Waals surface area contributed by atoms with E-state index in [4.69, 9.17) is 9.72 Å². The Hall–Kier alpha value is -4.18. The van der Waals surface area contributed by atoms with E-state index in [0.717, 1.165) is 22.1 Å². The number of benzene rings is 3. The van der Waals surface area contributed by atoms with Gasteiger partial charge in [-0.2, -0.15) is 0 Å². The quantitative estimate of drug-likeness (QED) is 0.354. The molecule has 41 heavy (non-hydrogen) atoms. The number of halogens is 1. The molecule has 4 aromatic rings. The molecule has 0 saturated carbocycles. The van der Waals surface area contributed by atoms with Gasteiger partial charge in [0.25, 0.3) is 0 Å². The molecule has 2 aliphatic heterocycles. The van der Waals surface area contributed by atoms with Gasteiger partial charge in [0.2, 0.25) is 0 Å². The summed E-state index contributed by atoms with van der Waals surface area (Å²) in [5, 5.41) is 4.17. The van der Waals surface area contributed by atoms with E-state index in [9.17, 15) is 13.2 Å². The lowest BCUT2D eigenvalue weighted by Crippen LogP contribution is -2.32. The highest BCUT2D eigenvalue weighted by atomic mass is 32.2. The molecule has 0 unspecified atom stereocenters. The van der Waals surface area contributed by atoms with E-state index in [1.807, 2.05) is 78.6 Å². The summed E-state index contributed by atoms with van der Waals surface area (Å²) in [6.45, 7) is 2.84. The van der Waals surface area contributed by atoms with Crippen molar-refractivity contribution in [2.45, 2.75) is 37.2 Å². The van der Waals surface area contributed by atoms with E-state index in [1.165, 1.54) is 4.90 Å². The first-order valence-electron chi connectivity index (χ1n) is 13.6. The number of carbonyl (C=O) groups excluding carboxylic acids is 1. The number of aromatic nitrogens is 1. The third kappa shape index (κ3) is 5.69. The van der Waals surface area contributed by atoms with E-state index in [2.05, 4.69) is 5.32 Å². The molecule has 0 radical (unpaired) electrons. The van der Waals surface area contributed by atoms with Crippen LogP contribution in [0.25, 0.3) is 10.9 Å². The maximum atomic E-state index is 15.3. The zero-order valence-electron chi connectivity index (χ0n) is 22.7. The number of likely N-dealkylation sites (tertiary alicyclic amines) is 1. The molecule has 2 aliphatic rings. The van der Waals surface area contributed by atoms with Crippen LogP contribution in [0.4, 0.5) is 20.7 Å². The first-order valence-corrected chi connectivity index (χ1v) is 15.3. The van der Waals surface area contributed by atoms with Crippen molar-refractivity contribution in [1.82, 2.24) is 9.88 Å². The Labute approximate surface area is 238 Å². The molecule has 1 amide bonds. The number of hydrogen-bond acceptors (Lipinski definition) is 7. The van der Waals surface area contributed by atoms with Gasteiger partial charge >= 0.3 is 6.09 Å². The van der Waals surface area contributed by atoms with Crippen molar-refractivity contribution < 1.29 is 22.3 Å². The van der Waals surface area contributed by atoms with Crippen LogP contribution in [0, 0.1) is 6.92 Å². The second-order valence-electron chi connectivity index (χ2n) is 10.6. The Morgan fingerprint density at radius 3 is 2.66 bits per heavy atom.